The van der Waals surface area contributed by atoms with Gasteiger partial charge in [-0.3, -0.25) is 4.79 Å². The van der Waals surface area contributed by atoms with Crippen molar-refractivity contribution in [2.45, 2.75) is 33.2 Å². The van der Waals surface area contributed by atoms with Gasteiger partial charge in [-0.05, 0) is 40.9 Å². The molecule has 19 heavy (non-hydrogen) atoms. The largest absolute Gasteiger partial charge is 0.340 e. The molecule has 0 aliphatic heterocycles. The highest BCUT2D eigenvalue weighted by molar-refractivity contribution is 9.11. The number of carbonyl (C=O) groups excluding carboxylic acids is 1. The lowest BCUT2D eigenvalue weighted by molar-refractivity contribution is -0.141. The summed E-state index contributed by atoms with van der Waals surface area (Å²) in [6, 6.07) is 4.05. The fraction of sp³-hybridized carbons (Fsp3) is 0.615. The molecule has 1 aromatic heterocycles. The number of carbonyl (C=O) groups is 1. The minimum absolute atomic E-state index is 0. The third-order valence-corrected chi connectivity index (χ3v) is 5.17. The molecule has 1 rings (SSSR count). The lowest BCUT2D eigenvalue weighted by Gasteiger charge is -2.33. The van der Waals surface area contributed by atoms with Crippen molar-refractivity contribution in [1.29, 1.82) is 0 Å². The molecule has 0 fully saturated rings. The van der Waals surface area contributed by atoms with Gasteiger partial charge in [0, 0.05) is 18.5 Å². The highest BCUT2D eigenvalue weighted by Gasteiger charge is 2.35. The molecule has 1 aromatic rings. The number of nitrogens with two attached hydrogens (primary N) is 1. The van der Waals surface area contributed by atoms with Crippen molar-refractivity contribution in [3.8, 4) is 0 Å². The summed E-state index contributed by atoms with van der Waals surface area (Å²) in [5, 5.41) is 0. The molecule has 0 aliphatic rings. The van der Waals surface area contributed by atoms with Crippen molar-refractivity contribution in [2.75, 3.05) is 13.6 Å². The van der Waals surface area contributed by atoms with Gasteiger partial charge < -0.3 is 10.6 Å². The van der Waals surface area contributed by atoms with Crippen molar-refractivity contribution in [1.82, 2.24) is 4.90 Å². The third-order valence-electron chi connectivity index (χ3n) is 3.57. The molecule has 110 valence electrons. The van der Waals surface area contributed by atoms with E-state index in [1.54, 1.807) is 16.2 Å². The lowest BCUT2D eigenvalue weighted by Crippen LogP contribution is -2.45. The first-order valence-corrected chi connectivity index (χ1v) is 7.80. The maximum atomic E-state index is 12.5. The van der Waals surface area contributed by atoms with Crippen LogP contribution >= 0.6 is 39.7 Å². The molecule has 0 spiro atoms. The molecule has 1 heterocycles. The Labute approximate surface area is 134 Å². The summed E-state index contributed by atoms with van der Waals surface area (Å²) in [6.07, 6.45) is 1.58. The number of hydrogen-bond donors (Lipinski definition) is 1. The van der Waals surface area contributed by atoms with Crippen LogP contribution in [0.5, 0.6) is 0 Å². The molecule has 1 amide bonds. The van der Waals surface area contributed by atoms with Crippen LogP contribution in [0.1, 0.15) is 31.6 Å². The van der Waals surface area contributed by atoms with Crippen LogP contribution in [0.4, 0.5) is 0 Å². The Balaban J connectivity index is 0.00000324. The van der Waals surface area contributed by atoms with Gasteiger partial charge in [0.25, 0.3) is 0 Å². The predicted molar refractivity (Wildman–Crippen MR) is 87.8 cm³/mol. The van der Waals surface area contributed by atoms with Gasteiger partial charge in [0.2, 0.25) is 5.91 Å². The van der Waals surface area contributed by atoms with Crippen LogP contribution < -0.4 is 5.73 Å². The summed E-state index contributed by atoms with van der Waals surface area (Å²) >= 11 is 5.09. The second-order valence-electron chi connectivity index (χ2n) is 4.56. The number of rotatable bonds is 6. The molecule has 0 saturated heterocycles. The Morgan fingerprint density at radius 1 is 1.42 bits per heavy atom. The molecule has 0 radical (unpaired) electrons. The molecule has 2 N–H and O–H groups in total. The number of thiophene rings is 1. The molecule has 0 atom stereocenters. The normalized spacial score (nSPS) is 11.0. The summed E-state index contributed by atoms with van der Waals surface area (Å²) < 4.78 is 1.09. The molecule has 0 aliphatic carbocycles. The van der Waals surface area contributed by atoms with Crippen LogP contribution in [-0.2, 0) is 11.3 Å². The van der Waals surface area contributed by atoms with Gasteiger partial charge in [0.05, 0.1) is 15.7 Å². The summed E-state index contributed by atoms with van der Waals surface area (Å²) in [5.74, 6) is 0.152. The van der Waals surface area contributed by atoms with Crippen molar-refractivity contribution in [3.05, 3.63) is 20.8 Å². The lowest BCUT2D eigenvalue weighted by atomic mass is 9.81. The number of halogens is 2. The van der Waals surface area contributed by atoms with E-state index in [0.29, 0.717) is 13.1 Å². The minimum Gasteiger partial charge on any atom is -0.340 e. The van der Waals surface area contributed by atoms with Gasteiger partial charge in [-0.25, -0.2) is 0 Å². The summed E-state index contributed by atoms with van der Waals surface area (Å²) in [5.41, 5.74) is 5.41. The Hall–Kier alpha value is -0.100. The van der Waals surface area contributed by atoms with Gasteiger partial charge in [0.1, 0.15) is 0 Å². The van der Waals surface area contributed by atoms with E-state index in [9.17, 15) is 4.79 Å². The third kappa shape index (κ3) is 4.45. The van der Waals surface area contributed by atoms with E-state index in [-0.39, 0.29) is 18.3 Å². The second-order valence-corrected chi connectivity index (χ2v) is 7.11. The first-order valence-electron chi connectivity index (χ1n) is 6.19. The topological polar surface area (TPSA) is 46.3 Å². The van der Waals surface area contributed by atoms with E-state index in [4.69, 9.17) is 5.73 Å². The molecule has 0 unspecified atom stereocenters. The summed E-state index contributed by atoms with van der Waals surface area (Å²) in [6.45, 7) is 5.13. The maximum absolute atomic E-state index is 12.5. The fourth-order valence-electron chi connectivity index (χ4n) is 2.08. The van der Waals surface area contributed by atoms with Gasteiger partial charge >= 0.3 is 0 Å². The summed E-state index contributed by atoms with van der Waals surface area (Å²) in [4.78, 5) is 15.5. The van der Waals surface area contributed by atoms with E-state index < -0.39 is 5.41 Å². The maximum Gasteiger partial charge on any atom is 0.230 e. The molecule has 0 saturated carbocycles. The zero-order valence-electron chi connectivity index (χ0n) is 11.6. The smallest absolute Gasteiger partial charge is 0.230 e. The van der Waals surface area contributed by atoms with Gasteiger partial charge in [-0.15, -0.1) is 23.7 Å². The molecular weight excluding hydrogens is 348 g/mol. The highest BCUT2D eigenvalue weighted by atomic mass is 79.9. The van der Waals surface area contributed by atoms with E-state index in [2.05, 4.69) is 15.9 Å². The monoisotopic (exact) mass is 368 g/mol. The van der Waals surface area contributed by atoms with Gasteiger partial charge in [-0.1, -0.05) is 13.8 Å². The van der Waals surface area contributed by atoms with Crippen LogP contribution in [-0.4, -0.2) is 24.4 Å². The molecule has 3 nitrogen and oxygen atoms in total. The predicted octanol–water partition coefficient (Wildman–Crippen LogP) is 3.66. The van der Waals surface area contributed by atoms with Crippen LogP contribution in [0.2, 0.25) is 0 Å². The van der Waals surface area contributed by atoms with E-state index in [1.165, 1.54) is 4.88 Å². The van der Waals surface area contributed by atoms with Crippen molar-refractivity contribution in [3.63, 3.8) is 0 Å². The minimum atomic E-state index is -0.400. The first-order chi connectivity index (χ1) is 8.49. The van der Waals surface area contributed by atoms with E-state index in [0.717, 1.165) is 16.6 Å². The van der Waals surface area contributed by atoms with E-state index >= 15 is 0 Å². The van der Waals surface area contributed by atoms with E-state index in [1.807, 2.05) is 33.0 Å². The Morgan fingerprint density at radius 2 is 2.00 bits per heavy atom. The number of nitrogens with zero attached hydrogens (tertiary/aromatic N) is 1. The highest BCUT2D eigenvalue weighted by Crippen LogP contribution is 2.29. The Bertz CT molecular complexity index is 399. The second kappa shape index (κ2) is 8.25. The van der Waals surface area contributed by atoms with Crippen molar-refractivity contribution < 1.29 is 4.79 Å². The molecule has 0 bridgehead atoms. The zero-order chi connectivity index (χ0) is 13.8. The van der Waals surface area contributed by atoms with Gasteiger partial charge in [-0.2, -0.15) is 0 Å². The van der Waals surface area contributed by atoms with Gasteiger partial charge in [0.15, 0.2) is 0 Å². The number of amides is 1. The van der Waals surface area contributed by atoms with Crippen LogP contribution in [0, 0.1) is 5.41 Å². The standard InChI is InChI=1S/C13H21BrN2OS.ClH/c1-4-13(5-2,9-15)12(17)16(3)8-10-6-7-11(14)18-10;/h6-7H,4-5,8-9,15H2,1-3H3;1H. The fourth-order valence-corrected chi connectivity index (χ4v) is 3.61. The Kier molecular flexibility index (Phi) is 8.20. The van der Waals surface area contributed by atoms with Crippen LogP contribution in [0.3, 0.4) is 0 Å². The zero-order valence-corrected chi connectivity index (χ0v) is 14.8. The average Bonchev–Trinajstić information content (AvgIpc) is 2.77. The molecular formula is C13H22BrClN2OS. The average molecular weight is 370 g/mol. The van der Waals surface area contributed by atoms with Crippen molar-refractivity contribution in [2.24, 2.45) is 11.1 Å². The van der Waals surface area contributed by atoms with Crippen LogP contribution in [0.25, 0.3) is 0 Å². The SMILES string of the molecule is CCC(CC)(CN)C(=O)N(C)Cc1ccc(Br)s1.Cl. The number of hydrogen-bond acceptors (Lipinski definition) is 3. The molecule has 0 aromatic carbocycles. The first kappa shape index (κ1) is 18.9. The van der Waals surface area contributed by atoms with Crippen molar-refractivity contribution >= 4 is 45.6 Å². The summed E-state index contributed by atoms with van der Waals surface area (Å²) in [7, 11) is 1.85. The molecule has 6 heteroatoms. The Morgan fingerprint density at radius 3 is 2.37 bits per heavy atom. The van der Waals surface area contributed by atoms with Crippen LogP contribution in [0.15, 0.2) is 15.9 Å². The quantitative estimate of drug-likeness (QED) is 0.832.